The lowest BCUT2D eigenvalue weighted by Gasteiger charge is -2.54. The number of aromatic amines is 1. The van der Waals surface area contributed by atoms with Crippen molar-refractivity contribution in [3.63, 3.8) is 0 Å². The van der Waals surface area contributed by atoms with Gasteiger partial charge in [0, 0.05) is 74.7 Å². The van der Waals surface area contributed by atoms with Crippen molar-refractivity contribution in [3.05, 3.63) is 48.4 Å². The van der Waals surface area contributed by atoms with Crippen LogP contribution in [0.3, 0.4) is 0 Å². The summed E-state index contributed by atoms with van der Waals surface area (Å²) in [6.07, 6.45) is 0.773. The standard InChI is InChI=1S/C36H41F4N7O4/c1-4-28(48)47-19-35(20-47)9-13-46(14-10-35)33-24-17-26(37)30(29-22(2)5-6-27-25(29)18-41-44-27)32(50-21-36(38,39)40)31(24)42-34(43-33)51-23-7-11-45(12-8-23)15-16-49-3/h4-6,17-18,23H,1,7-16,19-21H2,2-3H3,(H,41,44). The third kappa shape index (κ3) is 7.05. The number of amides is 1. The minimum absolute atomic E-state index is 0.00724. The van der Waals surface area contributed by atoms with E-state index in [2.05, 4.69) is 26.7 Å². The van der Waals surface area contributed by atoms with Gasteiger partial charge < -0.3 is 28.9 Å². The molecule has 0 atom stereocenters. The van der Waals surface area contributed by atoms with Gasteiger partial charge in [0.1, 0.15) is 23.3 Å². The number of carbonyl (C=O) groups excluding carboxylic acids is 1. The minimum atomic E-state index is -4.70. The summed E-state index contributed by atoms with van der Waals surface area (Å²) in [6.45, 7) is 8.98. The molecule has 0 bridgehead atoms. The smallest absolute Gasteiger partial charge is 0.422 e. The van der Waals surface area contributed by atoms with Crippen LogP contribution in [-0.4, -0.2) is 114 Å². The van der Waals surface area contributed by atoms with Crippen molar-refractivity contribution in [1.29, 1.82) is 0 Å². The second kappa shape index (κ2) is 13.9. The second-order valence-electron chi connectivity index (χ2n) is 13.8. The van der Waals surface area contributed by atoms with Gasteiger partial charge in [0.25, 0.3) is 0 Å². The van der Waals surface area contributed by atoms with Crippen LogP contribution in [0, 0.1) is 18.2 Å². The monoisotopic (exact) mass is 711 g/mol. The zero-order valence-corrected chi connectivity index (χ0v) is 28.7. The molecule has 3 aliphatic rings. The average molecular weight is 712 g/mol. The quantitative estimate of drug-likeness (QED) is 0.165. The number of piperidine rings is 2. The van der Waals surface area contributed by atoms with Crippen LogP contribution >= 0.6 is 0 Å². The van der Waals surface area contributed by atoms with Crippen LogP contribution in [0.2, 0.25) is 0 Å². The highest BCUT2D eigenvalue weighted by Gasteiger charge is 2.46. The molecule has 2 aromatic carbocycles. The zero-order valence-electron chi connectivity index (χ0n) is 28.7. The van der Waals surface area contributed by atoms with Gasteiger partial charge in [-0.1, -0.05) is 12.6 Å². The number of aromatic nitrogens is 4. The fourth-order valence-corrected chi connectivity index (χ4v) is 7.63. The van der Waals surface area contributed by atoms with Crippen LogP contribution < -0.4 is 14.4 Å². The maximum absolute atomic E-state index is 16.6. The van der Waals surface area contributed by atoms with Gasteiger partial charge >= 0.3 is 12.2 Å². The van der Waals surface area contributed by atoms with Crippen molar-refractivity contribution in [2.75, 3.05) is 71.0 Å². The number of likely N-dealkylation sites (tertiary alicyclic amines) is 2. The molecule has 0 aliphatic carbocycles. The molecule has 51 heavy (non-hydrogen) atoms. The summed E-state index contributed by atoms with van der Waals surface area (Å²) in [5, 5.41) is 7.70. The number of aryl methyl sites for hydroxylation is 1. The molecule has 4 aromatic rings. The molecule has 5 heterocycles. The Kier molecular flexibility index (Phi) is 9.52. The van der Waals surface area contributed by atoms with E-state index in [1.165, 1.54) is 18.3 Å². The Morgan fingerprint density at radius 2 is 1.84 bits per heavy atom. The van der Waals surface area contributed by atoms with Gasteiger partial charge in [0.15, 0.2) is 12.4 Å². The number of hydrogen-bond acceptors (Lipinski definition) is 9. The molecule has 1 amide bonds. The van der Waals surface area contributed by atoms with Gasteiger partial charge in [-0.25, -0.2) is 4.39 Å². The Bertz CT molecular complexity index is 1930. The predicted molar refractivity (Wildman–Crippen MR) is 183 cm³/mol. The van der Waals surface area contributed by atoms with Gasteiger partial charge in [0.05, 0.1) is 23.9 Å². The number of hydrogen-bond donors (Lipinski definition) is 1. The number of ether oxygens (including phenoxy) is 3. The lowest BCUT2D eigenvalue weighted by atomic mass is 9.72. The van der Waals surface area contributed by atoms with Crippen LogP contribution in [0.15, 0.2) is 37.1 Å². The van der Waals surface area contributed by atoms with E-state index in [0.717, 1.165) is 32.5 Å². The van der Waals surface area contributed by atoms with E-state index in [-0.39, 0.29) is 45.7 Å². The maximum atomic E-state index is 16.6. The number of alkyl halides is 3. The minimum Gasteiger partial charge on any atom is -0.481 e. The highest BCUT2D eigenvalue weighted by molar-refractivity contribution is 6.04. The topological polar surface area (TPSA) is 109 Å². The summed E-state index contributed by atoms with van der Waals surface area (Å²) in [4.78, 5) is 27.7. The molecular weight excluding hydrogens is 670 g/mol. The van der Waals surface area contributed by atoms with Gasteiger partial charge in [-0.15, -0.1) is 0 Å². The Balaban J connectivity index is 1.31. The SMILES string of the molecule is C=CC(=O)N1CC2(CCN(c3nc(OC4CCN(CCOC)CC4)nc4c(OCC(F)(F)F)c(-c5c(C)ccc6[nH]ncc56)c(F)cc34)CC2)C1. The van der Waals surface area contributed by atoms with Crippen LogP contribution in [0.4, 0.5) is 23.4 Å². The zero-order chi connectivity index (χ0) is 35.9. The number of nitrogens with one attached hydrogen (secondary N) is 1. The average Bonchev–Trinajstić information content (AvgIpc) is 3.58. The van der Waals surface area contributed by atoms with Crippen LogP contribution in [0.25, 0.3) is 32.9 Å². The molecule has 3 aliphatic heterocycles. The van der Waals surface area contributed by atoms with E-state index in [9.17, 15) is 18.0 Å². The van der Waals surface area contributed by atoms with Crippen molar-refractivity contribution >= 4 is 33.5 Å². The van der Waals surface area contributed by atoms with Crippen LogP contribution in [0.5, 0.6) is 11.8 Å². The first-order valence-corrected chi connectivity index (χ1v) is 17.2. The van der Waals surface area contributed by atoms with Crippen molar-refractivity contribution in [2.45, 2.75) is 44.9 Å². The summed E-state index contributed by atoms with van der Waals surface area (Å²) in [6, 6.07) is 4.81. The molecule has 2 aromatic heterocycles. The molecule has 7 rings (SSSR count). The molecule has 15 heteroatoms. The number of carbonyl (C=O) groups is 1. The predicted octanol–water partition coefficient (Wildman–Crippen LogP) is 5.67. The van der Waals surface area contributed by atoms with E-state index in [1.807, 2.05) is 4.90 Å². The molecule has 3 fully saturated rings. The molecule has 1 spiro atoms. The van der Waals surface area contributed by atoms with Crippen LogP contribution in [0.1, 0.15) is 31.2 Å². The Hall–Kier alpha value is -4.50. The number of methoxy groups -OCH3 is 1. The fourth-order valence-electron chi connectivity index (χ4n) is 7.63. The van der Waals surface area contributed by atoms with E-state index in [4.69, 9.17) is 19.2 Å². The molecule has 0 radical (unpaired) electrons. The summed E-state index contributed by atoms with van der Waals surface area (Å²) in [7, 11) is 1.66. The molecule has 0 saturated carbocycles. The van der Waals surface area contributed by atoms with Crippen molar-refractivity contribution in [3.8, 4) is 22.9 Å². The third-order valence-electron chi connectivity index (χ3n) is 10.4. The molecule has 3 saturated heterocycles. The lowest BCUT2D eigenvalue weighted by Crippen LogP contribution is -2.61. The van der Waals surface area contributed by atoms with Crippen molar-refractivity contribution in [2.24, 2.45) is 5.41 Å². The number of H-pyrrole nitrogens is 1. The summed E-state index contributed by atoms with van der Waals surface area (Å²) in [5.41, 5.74) is 1.40. The van der Waals surface area contributed by atoms with Crippen LogP contribution in [-0.2, 0) is 9.53 Å². The first kappa shape index (κ1) is 34.9. The Labute approximate surface area is 292 Å². The maximum Gasteiger partial charge on any atom is 0.422 e. The van der Waals surface area contributed by atoms with E-state index in [1.54, 1.807) is 31.1 Å². The Morgan fingerprint density at radius 3 is 2.53 bits per heavy atom. The Morgan fingerprint density at radius 1 is 1.10 bits per heavy atom. The number of benzene rings is 2. The first-order chi connectivity index (χ1) is 24.5. The highest BCUT2D eigenvalue weighted by atomic mass is 19.4. The normalized spacial score (nSPS) is 18.4. The summed E-state index contributed by atoms with van der Waals surface area (Å²) in [5.74, 6) is -0.853. The van der Waals surface area contributed by atoms with E-state index in [0.29, 0.717) is 73.5 Å². The number of anilines is 1. The number of halogens is 4. The van der Waals surface area contributed by atoms with Gasteiger partial charge in [-0.3, -0.25) is 9.89 Å². The van der Waals surface area contributed by atoms with E-state index >= 15 is 4.39 Å². The number of fused-ring (bicyclic) bond motifs is 2. The molecule has 1 N–H and O–H groups in total. The highest BCUT2D eigenvalue weighted by Crippen LogP contribution is 2.47. The van der Waals surface area contributed by atoms with Gasteiger partial charge in [0.2, 0.25) is 5.91 Å². The molecule has 272 valence electrons. The second-order valence-corrected chi connectivity index (χ2v) is 13.8. The molecule has 11 nitrogen and oxygen atoms in total. The van der Waals surface area contributed by atoms with Crippen molar-refractivity contribution < 1.29 is 36.6 Å². The molecule has 0 unspecified atom stereocenters. The van der Waals surface area contributed by atoms with Crippen molar-refractivity contribution in [1.82, 2.24) is 30.0 Å². The third-order valence-corrected chi connectivity index (χ3v) is 10.4. The number of nitrogens with zero attached hydrogens (tertiary/aromatic N) is 6. The fraction of sp³-hybridized carbons (Fsp3) is 0.500. The summed E-state index contributed by atoms with van der Waals surface area (Å²) >= 11 is 0. The number of rotatable bonds is 10. The van der Waals surface area contributed by atoms with E-state index < -0.39 is 18.6 Å². The first-order valence-electron chi connectivity index (χ1n) is 17.2. The largest absolute Gasteiger partial charge is 0.481 e. The lowest BCUT2D eigenvalue weighted by molar-refractivity contribution is -0.153. The van der Waals surface area contributed by atoms with Gasteiger partial charge in [-0.2, -0.15) is 28.2 Å². The summed E-state index contributed by atoms with van der Waals surface area (Å²) < 4.78 is 75.2. The van der Waals surface area contributed by atoms with Gasteiger partial charge in [-0.05, 0) is 56.4 Å². The molecular formula is C36H41F4N7O4.